The van der Waals surface area contributed by atoms with E-state index >= 15 is 0 Å². The van der Waals surface area contributed by atoms with Crippen molar-refractivity contribution in [2.75, 3.05) is 19.7 Å². The average Bonchev–Trinajstić information content (AvgIpc) is 3.12. The van der Waals surface area contributed by atoms with E-state index < -0.39 is 5.60 Å². The van der Waals surface area contributed by atoms with Crippen LogP contribution in [0.3, 0.4) is 0 Å². The molecule has 0 saturated carbocycles. The molecule has 2 atom stereocenters. The van der Waals surface area contributed by atoms with E-state index in [-0.39, 0.29) is 24.7 Å². The fourth-order valence-electron chi connectivity index (χ4n) is 2.60. The Morgan fingerprint density at radius 2 is 2.35 bits per heavy atom. The number of rotatable bonds is 5. The van der Waals surface area contributed by atoms with Gasteiger partial charge < -0.3 is 25.5 Å². The van der Waals surface area contributed by atoms with E-state index in [9.17, 15) is 9.90 Å². The Labute approximate surface area is 134 Å². The second-order valence-corrected chi connectivity index (χ2v) is 6.53. The highest BCUT2D eigenvalue weighted by molar-refractivity contribution is 5.95. The zero-order chi connectivity index (χ0) is 16.4. The van der Waals surface area contributed by atoms with E-state index in [2.05, 4.69) is 20.6 Å². The predicted molar refractivity (Wildman–Crippen MR) is 86.3 cm³/mol. The lowest BCUT2D eigenvalue weighted by atomic mass is 10.1. The van der Waals surface area contributed by atoms with E-state index in [1.165, 1.54) is 0 Å². The number of fused-ring (bicyclic) bond motifs is 1. The van der Waals surface area contributed by atoms with Crippen LogP contribution in [0, 0.1) is 0 Å². The molecule has 0 radical (unpaired) electrons. The van der Waals surface area contributed by atoms with Crippen molar-refractivity contribution in [2.45, 2.75) is 31.6 Å². The maximum absolute atomic E-state index is 12.4. The molecule has 1 aliphatic heterocycles. The first-order valence-corrected chi connectivity index (χ1v) is 7.71. The van der Waals surface area contributed by atoms with Crippen LogP contribution in [0.5, 0.6) is 0 Å². The van der Waals surface area contributed by atoms with Gasteiger partial charge in [-0.2, -0.15) is 0 Å². The molecule has 3 rings (SSSR count). The van der Waals surface area contributed by atoms with Crippen LogP contribution in [0.1, 0.15) is 24.3 Å². The predicted octanol–water partition coefficient (Wildman–Crippen LogP) is 0.421. The zero-order valence-corrected chi connectivity index (χ0v) is 13.3. The van der Waals surface area contributed by atoms with Crippen LogP contribution >= 0.6 is 0 Å². The lowest BCUT2D eigenvalue weighted by Gasteiger charge is -2.24. The third-order valence-electron chi connectivity index (χ3n) is 3.79. The Morgan fingerprint density at radius 1 is 1.52 bits per heavy atom. The molecule has 2 aromatic rings. The highest BCUT2D eigenvalue weighted by atomic mass is 16.5. The third-order valence-corrected chi connectivity index (χ3v) is 3.79. The van der Waals surface area contributed by atoms with Gasteiger partial charge in [-0.15, -0.1) is 0 Å². The van der Waals surface area contributed by atoms with Crippen LogP contribution in [0.15, 0.2) is 24.5 Å². The van der Waals surface area contributed by atoms with Crippen LogP contribution < -0.4 is 10.6 Å². The number of carbonyl (C=O) groups excluding carboxylic acids is 1. The summed E-state index contributed by atoms with van der Waals surface area (Å²) in [4.78, 5) is 19.7. The number of nitrogens with one attached hydrogen (secondary N) is 3. The van der Waals surface area contributed by atoms with Crippen LogP contribution in [0.2, 0.25) is 0 Å². The summed E-state index contributed by atoms with van der Waals surface area (Å²) < 4.78 is 5.72. The van der Waals surface area contributed by atoms with E-state index in [1.54, 1.807) is 26.1 Å². The summed E-state index contributed by atoms with van der Waals surface area (Å²) in [6.07, 6.45) is 3.32. The van der Waals surface area contributed by atoms with Gasteiger partial charge in [0.05, 0.1) is 24.4 Å². The van der Waals surface area contributed by atoms with Crippen molar-refractivity contribution < 1.29 is 14.6 Å². The normalized spacial score (nSPS) is 21.7. The number of aromatic nitrogens is 2. The molecule has 1 fully saturated rings. The number of hydrogen-bond donors (Lipinski definition) is 4. The van der Waals surface area contributed by atoms with Crippen LogP contribution in [0.25, 0.3) is 10.9 Å². The Balaban J connectivity index is 1.64. The Bertz CT molecular complexity index is 692. The first-order chi connectivity index (χ1) is 10.9. The molecule has 2 aromatic heterocycles. The van der Waals surface area contributed by atoms with Gasteiger partial charge in [0.2, 0.25) is 0 Å². The van der Waals surface area contributed by atoms with Gasteiger partial charge in [-0.3, -0.25) is 9.78 Å². The third kappa shape index (κ3) is 3.87. The van der Waals surface area contributed by atoms with E-state index in [1.807, 2.05) is 12.3 Å². The molecule has 1 saturated heterocycles. The summed E-state index contributed by atoms with van der Waals surface area (Å²) in [7, 11) is 0. The highest BCUT2D eigenvalue weighted by Gasteiger charge is 2.31. The van der Waals surface area contributed by atoms with Gasteiger partial charge in [-0.25, -0.2) is 0 Å². The highest BCUT2D eigenvalue weighted by Crippen LogP contribution is 2.13. The minimum atomic E-state index is -0.892. The van der Waals surface area contributed by atoms with Gasteiger partial charge in [-0.05, 0) is 26.0 Å². The number of hydrogen-bond acceptors (Lipinski definition) is 5. The number of amides is 1. The van der Waals surface area contributed by atoms with Crippen molar-refractivity contribution in [3.63, 3.8) is 0 Å². The second-order valence-electron chi connectivity index (χ2n) is 6.53. The molecule has 124 valence electrons. The first-order valence-electron chi connectivity index (χ1n) is 7.71. The fourth-order valence-corrected chi connectivity index (χ4v) is 2.60. The Morgan fingerprint density at radius 3 is 3.13 bits per heavy atom. The minimum Gasteiger partial charge on any atom is -0.388 e. The molecule has 0 unspecified atom stereocenters. The fraction of sp³-hybridized carbons (Fsp3) is 0.500. The van der Waals surface area contributed by atoms with Crippen molar-refractivity contribution in [2.24, 2.45) is 0 Å². The zero-order valence-electron chi connectivity index (χ0n) is 13.3. The maximum Gasteiger partial charge on any atom is 0.270 e. The largest absolute Gasteiger partial charge is 0.388 e. The van der Waals surface area contributed by atoms with Gasteiger partial charge in [-0.1, -0.05) is 0 Å². The summed E-state index contributed by atoms with van der Waals surface area (Å²) in [5, 5.41) is 16.9. The molecule has 7 nitrogen and oxygen atoms in total. The Hall–Kier alpha value is -1.96. The molecule has 1 amide bonds. The smallest absolute Gasteiger partial charge is 0.270 e. The van der Waals surface area contributed by atoms with Gasteiger partial charge in [0.25, 0.3) is 5.91 Å². The SMILES string of the molecule is CC(C)(O)CO[C@@H]1CNC[C@H]1NC(=O)c1cc2[nH]ccc2cn1. The number of carbonyl (C=O) groups is 1. The topological polar surface area (TPSA) is 99.3 Å². The Kier molecular flexibility index (Phi) is 4.34. The van der Waals surface area contributed by atoms with Crippen molar-refractivity contribution in [3.8, 4) is 0 Å². The van der Waals surface area contributed by atoms with Crippen molar-refractivity contribution in [1.82, 2.24) is 20.6 Å². The summed E-state index contributed by atoms with van der Waals surface area (Å²) >= 11 is 0. The number of aromatic amines is 1. The van der Waals surface area contributed by atoms with Crippen LogP contribution in [0.4, 0.5) is 0 Å². The summed E-state index contributed by atoms with van der Waals surface area (Å²) in [5.74, 6) is -0.230. The number of nitrogens with zero attached hydrogens (tertiary/aromatic N) is 1. The van der Waals surface area contributed by atoms with E-state index in [4.69, 9.17) is 4.74 Å². The molecule has 7 heteroatoms. The van der Waals surface area contributed by atoms with Crippen molar-refractivity contribution in [1.29, 1.82) is 0 Å². The first kappa shape index (κ1) is 15.9. The molecular weight excluding hydrogens is 296 g/mol. The maximum atomic E-state index is 12.4. The molecule has 3 heterocycles. The number of aliphatic hydroxyl groups is 1. The molecular formula is C16H22N4O3. The monoisotopic (exact) mass is 318 g/mol. The molecule has 23 heavy (non-hydrogen) atoms. The number of pyridine rings is 1. The average molecular weight is 318 g/mol. The van der Waals surface area contributed by atoms with Gasteiger partial charge >= 0.3 is 0 Å². The van der Waals surface area contributed by atoms with Gasteiger partial charge in [0, 0.05) is 36.4 Å². The number of ether oxygens (including phenoxy) is 1. The van der Waals surface area contributed by atoms with E-state index in [0.717, 1.165) is 10.9 Å². The van der Waals surface area contributed by atoms with Crippen molar-refractivity contribution in [3.05, 3.63) is 30.2 Å². The summed E-state index contributed by atoms with van der Waals surface area (Å²) in [5.41, 5.74) is 0.356. The molecule has 0 aromatic carbocycles. The quantitative estimate of drug-likeness (QED) is 0.640. The van der Waals surface area contributed by atoms with Gasteiger partial charge in [0.15, 0.2) is 0 Å². The molecule has 4 N–H and O–H groups in total. The summed E-state index contributed by atoms with van der Waals surface area (Å²) in [6, 6.07) is 3.50. The molecule has 0 spiro atoms. The molecule has 1 aliphatic rings. The number of H-pyrrole nitrogens is 1. The summed E-state index contributed by atoms with van der Waals surface area (Å²) in [6.45, 7) is 4.88. The van der Waals surface area contributed by atoms with Crippen molar-refractivity contribution >= 4 is 16.8 Å². The van der Waals surface area contributed by atoms with Gasteiger partial charge in [0.1, 0.15) is 5.69 Å². The van der Waals surface area contributed by atoms with Crippen LogP contribution in [-0.2, 0) is 4.74 Å². The molecule has 0 aliphatic carbocycles. The van der Waals surface area contributed by atoms with Crippen LogP contribution in [-0.4, -0.2) is 58.4 Å². The lowest BCUT2D eigenvalue weighted by molar-refractivity contribution is -0.0526. The lowest BCUT2D eigenvalue weighted by Crippen LogP contribution is -2.45. The second kappa shape index (κ2) is 6.27. The van der Waals surface area contributed by atoms with E-state index in [0.29, 0.717) is 18.8 Å². The molecule has 0 bridgehead atoms. The minimum absolute atomic E-state index is 0.147. The standard InChI is InChI=1S/C16H22N4O3/c1-16(2,22)9-23-14-8-17-7-13(14)20-15(21)12-5-11-10(6-19-12)3-4-18-11/h3-6,13-14,17-18,22H,7-9H2,1-2H3,(H,20,21)/t13-,14-/m1/s1.